The number of amides is 3. The number of benzene rings is 2. The van der Waals surface area contributed by atoms with Crippen LogP contribution in [0.4, 0.5) is 17.1 Å². The van der Waals surface area contributed by atoms with Crippen LogP contribution in [0.25, 0.3) is 0 Å². The number of carbonyl (C=O) groups is 3. The summed E-state index contributed by atoms with van der Waals surface area (Å²) in [5.74, 6) is -0.370. The molecule has 4 rings (SSSR count). The fraction of sp³-hybridized carbons (Fsp3) is 0.318. The van der Waals surface area contributed by atoms with E-state index >= 15 is 0 Å². The highest BCUT2D eigenvalue weighted by molar-refractivity contribution is 6.04. The molecule has 2 heterocycles. The van der Waals surface area contributed by atoms with Gasteiger partial charge in [0.25, 0.3) is 5.91 Å². The molecule has 3 amide bonds. The molecule has 1 saturated heterocycles. The van der Waals surface area contributed by atoms with Crippen molar-refractivity contribution in [3.8, 4) is 5.75 Å². The molecule has 0 saturated carbocycles. The van der Waals surface area contributed by atoms with E-state index in [9.17, 15) is 14.4 Å². The number of fused-ring (bicyclic) bond motifs is 1. The Bertz CT molecular complexity index is 955. The average molecular weight is 393 g/mol. The number of nitrogens with one attached hydrogen (secondary N) is 2. The third kappa shape index (κ3) is 4.08. The molecular formula is C22H23N3O4. The van der Waals surface area contributed by atoms with Crippen LogP contribution in [0, 0.1) is 5.92 Å². The molecule has 29 heavy (non-hydrogen) atoms. The molecule has 2 aliphatic heterocycles. The summed E-state index contributed by atoms with van der Waals surface area (Å²) in [7, 11) is 0. The maximum absolute atomic E-state index is 12.7. The number of hydrogen-bond donors (Lipinski definition) is 2. The van der Waals surface area contributed by atoms with Crippen LogP contribution in [-0.2, 0) is 20.8 Å². The third-order valence-electron chi connectivity index (χ3n) is 5.16. The lowest BCUT2D eigenvalue weighted by Crippen LogP contribution is -2.28. The minimum atomic E-state index is -0.431. The van der Waals surface area contributed by atoms with Gasteiger partial charge in [-0.05, 0) is 42.3 Å². The van der Waals surface area contributed by atoms with Gasteiger partial charge in [0.05, 0.1) is 11.6 Å². The molecule has 2 aromatic rings. The van der Waals surface area contributed by atoms with Crippen LogP contribution in [0.3, 0.4) is 0 Å². The molecule has 7 nitrogen and oxygen atoms in total. The molecule has 150 valence electrons. The van der Waals surface area contributed by atoms with Crippen molar-refractivity contribution >= 4 is 34.8 Å². The van der Waals surface area contributed by atoms with E-state index in [0.717, 1.165) is 18.5 Å². The van der Waals surface area contributed by atoms with Gasteiger partial charge < -0.3 is 20.3 Å². The van der Waals surface area contributed by atoms with Crippen molar-refractivity contribution in [1.82, 2.24) is 0 Å². The van der Waals surface area contributed by atoms with E-state index in [1.165, 1.54) is 5.56 Å². The lowest BCUT2D eigenvalue weighted by molar-refractivity contribution is -0.122. The largest absolute Gasteiger partial charge is 0.482 e. The maximum atomic E-state index is 12.7. The SMILES string of the molecule is CCCc1ccc(N2C[C@H](C(=O)Nc3ccc4c(c3)NC(=O)CO4)CC2=O)cc1. The van der Waals surface area contributed by atoms with Crippen molar-refractivity contribution in [3.05, 3.63) is 48.0 Å². The Balaban J connectivity index is 1.42. The van der Waals surface area contributed by atoms with E-state index < -0.39 is 5.92 Å². The lowest BCUT2D eigenvalue weighted by Gasteiger charge is -2.19. The Morgan fingerprint density at radius 3 is 2.76 bits per heavy atom. The van der Waals surface area contributed by atoms with Crippen molar-refractivity contribution in [3.63, 3.8) is 0 Å². The van der Waals surface area contributed by atoms with Crippen LogP contribution in [0.15, 0.2) is 42.5 Å². The van der Waals surface area contributed by atoms with Gasteiger partial charge in [0, 0.05) is 24.3 Å². The molecule has 2 aliphatic rings. The third-order valence-corrected chi connectivity index (χ3v) is 5.16. The van der Waals surface area contributed by atoms with Gasteiger partial charge >= 0.3 is 0 Å². The monoisotopic (exact) mass is 393 g/mol. The van der Waals surface area contributed by atoms with Crippen LogP contribution in [0.2, 0.25) is 0 Å². The Morgan fingerprint density at radius 1 is 1.21 bits per heavy atom. The fourth-order valence-corrected chi connectivity index (χ4v) is 3.67. The van der Waals surface area contributed by atoms with E-state index in [2.05, 4.69) is 17.6 Å². The molecule has 0 aromatic heterocycles. The Labute approximate surface area is 169 Å². The molecule has 0 bridgehead atoms. The van der Waals surface area contributed by atoms with Gasteiger partial charge in [-0.2, -0.15) is 0 Å². The Hall–Kier alpha value is -3.35. The summed E-state index contributed by atoms with van der Waals surface area (Å²) in [6.07, 6.45) is 2.25. The van der Waals surface area contributed by atoms with Gasteiger partial charge in [0.15, 0.2) is 6.61 Å². The van der Waals surface area contributed by atoms with Crippen LogP contribution in [-0.4, -0.2) is 30.9 Å². The minimum absolute atomic E-state index is 0.0157. The quantitative estimate of drug-likeness (QED) is 0.818. The van der Waals surface area contributed by atoms with E-state index in [1.807, 2.05) is 24.3 Å². The summed E-state index contributed by atoms with van der Waals surface area (Å²) in [4.78, 5) is 38.3. The molecule has 0 radical (unpaired) electrons. The van der Waals surface area contributed by atoms with E-state index in [-0.39, 0.29) is 30.7 Å². The van der Waals surface area contributed by atoms with Crippen LogP contribution < -0.4 is 20.3 Å². The summed E-state index contributed by atoms with van der Waals surface area (Å²) in [5, 5.41) is 5.56. The second kappa shape index (κ2) is 7.95. The second-order valence-electron chi connectivity index (χ2n) is 7.36. The Morgan fingerprint density at radius 2 is 2.00 bits per heavy atom. The highest BCUT2D eigenvalue weighted by Crippen LogP contribution is 2.31. The highest BCUT2D eigenvalue weighted by Gasteiger charge is 2.35. The topological polar surface area (TPSA) is 87.7 Å². The van der Waals surface area contributed by atoms with E-state index in [4.69, 9.17) is 4.74 Å². The van der Waals surface area contributed by atoms with Gasteiger partial charge in [-0.1, -0.05) is 25.5 Å². The number of ether oxygens (including phenoxy) is 1. The minimum Gasteiger partial charge on any atom is -0.482 e. The second-order valence-corrected chi connectivity index (χ2v) is 7.36. The van der Waals surface area contributed by atoms with Gasteiger partial charge in [0.1, 0.15) is 5.75 Å². The first-order chi connectivity index (χ1) is 14.0. The van der Waals surface area contributed by atoms with Crippen molar-refractivity contribution in [2.24, 2.45) is 5.92 Å². The molecule has 0 spiro atoms. The summed E-state index contributed by atoms with van der Waals surface area (Å²) < 4.78 is 5.32. The first-order valence-corrected chi connectivity index (χ1v) is 9.80. The highest BCUT2D eigenvalue weighted by atomic mass is 16.5. The van der Waals surface area contributed by atoms with Crippen molar-refractivity contribution in [2.45, 2.75) is 26.2 Å². The van der Waals surface area contributed by atoms with Crippen LogP contribution in [0.1, 0.15) is 25.3 Å². The van der Waals surface area contributed by atoms with Crippen molar-refractivity contribution in [1.29, 1.82) is 0 Å². The van der Waals surface area contributed by atoms with Gasteiger partial charge in [-0.3, -0.25) is 14.4 Å². The molecule has 2 aromatic carbocycles. The summed E-state index contributed by atoms with van der Waals surface area (Å²) in [5.41, 5.74) is 3.13. The van der Waals surface area contributed by atoms with Gasteiger partial charge in [-0.25, -0.2) is 0 Å². The lowest BCUT2D eigenvalue weighted by atomic mass is 10.1. The normalized spacial score (nSPS) is 18.1. The van der Waals surface area contributed by atoms with Gasteiger partial charge in [-0.15, -0.1) is 0 Å². The fourth-order valence-electron chi connectivity index (χ4n) is 3.67. The predicted molar refractivity (Wildman–Crippen MR) is 110 cm³/mol. The zero-order chi connectivity index (χ0) is 20.4. The molecule has 1 fully saturated rings. The molecule has 1 atom stereocenters. The summed E-state index contributed by atoms with van der Waals surface area (Å²) in [6, 6.07) is 13.0. The number of anilines is 3. The summed E-state index contributed by atoms with van der Waals surface area (Å²) >= 11 is 0. The number of nitrogens with zero attached hydrogens (tertiary/aromatic N) is 1. The number of carbonyl (C=O) groups excluding carboxylic acids is 3. The maximum Gasteiger partial charge on any atom is 0.262 e. The molecular weight excluding hydrogens is 370 g/mol. The smallest absolute Gasteiger partial charge is 0.262 e. The van der Waals surface area contributed by atoms with E-state index in [0.29, 0.717) is 23.7 Å². The molecule has 2 N–H and O–H groups in total. The van der Waals surface area contributed by atoms with Gasteiger partial charge in [0.2, 0.25) is 11.8 Å². The summed E-state index contributed by atoms with van der Waals surface area (Å²) in [6.45, 7) is 2.46. The van der Waals surface area contributed by atoms with Crippen LogP contribution in [0.5, 0.6) is 5.75 Å². The number of hydrogen-bond acceptors (Lipinski definition) is 4. The van der Waals surface area contributed by atoms with Crippen molar-refractivity contribution < 1.29 is 19.1 Å². The first-order valence-electron chi connectivity index (χ1n) is 9.80. The Kier molecular flexibility index (Phi) is 5.20. The zero-order valence-electron chi connectivity index (χ0n) is 16.2. The van der Waals surface area contributed by atoms with Crippen molar-refractivity contribution in [2.75, 3.05) is 28.7 Å². The number of rotatable bonds is 5. The molecule has 0 unspecified atom stereocenters. The average Bonchev–Trinajstić information content (AvgIpc) is 3.10. The number of aryl methyl sites for hydroxylation is 1. The molecule has 7 heteroatoms. The zero-order valence-corrected chi connectivity index (χ0v) is 16.2. The van der Waals surface area contributed by atoms with E-state index in [1.54, 1.807) is 23.1 Å². The standard InChI is InChI=1S/C22H23N3O4/c1-2-3-14-4-7-17(8-5-14)25-12-15(10-21(25)27)22(28)23-16-6-9-19-18(11-16)24-20(26)13-29-19/h4-9,11,15H,2-3,10,12-13H2,1H3,(H,23,28)(H,24,26)/t15-/m1/s1. The van der Waals surface area contributed by atoms with Crippen LogP contribution >= 0.6 is 0 Å². The molecule has 0 aliphatic carbocycles. The predicted octanol–water partition coefficient (Wildman–Crippen LogP) is 2.96. The first kappa shape index (κ1) is 19.0.